The van der Waals surface area contributed by atoms with Crippen LogP contribution >= 0.6 is 24.0 Å². The van der Waals surface area contributed by atoms with E-state index < -0.39 is 17.8 Å². The highest BCUT2D eigenvalue weighted by atomic mass is 32.2. The zero-order valence-corrected chi connectivity index (χ0v) is 24.6. The number of amides is 3. The van der Waals surface area contributed by atoms with Gasteiger partial charge in [-0.2, -0.15) is 0 Å². The van der Waals surface area contributed by atoms with Crippen LogP contribution in [0.2, 0.25) is 0 Å². The van der Waals surface area contributed by atoms with Crippen LogP contribution in [0, 0.1) is 0 Å². The highest BCUT2D eigenvalue weighted by Gasteiger charge is 2.42. The second-order valence-electron chi connectivity index (χ2n) is 9.38. The first-order chi connectivity index (χ1) is 20.3. The van der Waals surface area contributed by atoms with Gasteiger partial charge in [-0.15, -0.1) is 0 Å². The fraction of sp³-hybridized carbons (Fsp3) is 0.194. The van der Waals surface area contributed by atoms with Crippen LogP contribution in [0.15, 0.2) is 77.7 Å². The molecule has 1 N–H and O–H groups in total. The van der Waals surface area contributed by atoms with Gasteiger partial charge in [0.15, 0.2) is 0 Å². The summed E-state index contributed by atoms with van der Waals surface area (Å²) in [4.78, 5) is 55.2. The number of hydrogen-bond donors (Lipinski definition) is 1. The minimum Gasteiger partial charge on any atom is -0.497 e. The largest absolute Gasteiger partial charge is 0.497 e. The van der Waals surface area contributed by atoms with Crippen LogP contribution < -0.4 is 15.0 Å². The maximum Gasteiger partial charge on any atom is 0.338 e. The number of thiocarbonyl (C=S) groups is 1. The zero-order valence-electron chi connectivity index (χ0n) is 22.9. The van der Waals surface area contributed by atoms with E-state index in [4.69, 9.17) is 21.7 Å². The number of nitrogens with one attached hydrogen (secondary N) is 1. The third-order valence-corrected chi connectivity index (χ3v) is 8.21. The Kier molecular flexibility index (Phi) is 8.69. The minimum atomic E-state index is -0.451. The number of methoxy groups -OCH3 is 1. The summed E-state index contributed by atoms with van der Waals surface area (Å²) in [5.41, 5.74) is 3.20. The van der Waals surface area contributed by atoms with Gasteiger partial charge >= 0.3 is 5.97 Å². The molecular weight excluding hydrogens is 574 g/mol. The first kappa shape index (κ1) is 29.0. The predicted molar refractivity (Wildman–Crippen MR) is 165 cm³/mol. The fourth-order valence-corrected chi connectivity index (χ4v) is 6.06. The van der Waals surface area contributed by atoms with E-state index in [-0.39, 0.29) is 29.5 Å². The van der Waals surface area contributed by atoms with Gasteiger partial charge in [-0.3, -0.25) is 24.2 Å². The first-order valence-electron chi connectivity index (χ1n) is 13.2. The molecule has 0 atom stereocenters. The molecule has 5 rings (SSSR count). The van der Waals surface area contributed by atoms with Crippen LogP contribution in [0.3, 0.4) is 0 Å². The topological polar surface area (TPSA) is 105 Å². The van der Waals surface area contributed by atoms with E-state index in [0.29, 0.717) is 39.8 Å². The molecule has 3 aromatic rings. The molecule has 2 aliphatic heterocycles. The Balaban J connectivity index is 1.31. The SMILES string of the molecule is CCOC(=O)c1ccc(NC(=O)CN2C(=O)/C(=C3/SC(=S)N(CCc4ccc(OC)cc4)C3=O)c3ccccc32)cc1. The van der Waals surface area contributed by atoms with E-state index >= 15 is 0 Å². The molecule has 0 aromatic heterocycles. The molecule has 0 spiro atoms. The molecule has 9 nitrogen and oxygen atoms in total. The van der Waals surface area contributed by atoms with Crippen LogP contribution in [0.5, 0.6) is 5.75 Å². The summed E-state index contributed by atoms with van der Waals surface area (Å²) in [6, 6.07) is 20.9. The molecule has 11 heteroatoms. The summed E-state index contributed by atoms with van der Waals surface area (Å²) in [6.45, 7) is 2.08. The van der Waals surface area contributed by atoms with E-state index in [1.54, 1.807) is 62.6 Å². The van der Waals surface area contributed by atoms with Crippen molar-refractivity contribution in [1.29, 1.82) is 0 Å². The number of thioether (sulfide) groups is 1. The number of anilines is 2. The molecule has 2 heterocycles. The Hall–Kier alpha value is -4.48. The van der Waals surface area contributed by atoms with Crippen molar-refractivity contribution < 1.29 is 28.7 Å². The van der Waals surface area contributed by atoms with E-state index in [2.05, 4.69) is 5.32 Å². The van der Waals surface area contributed by atoms with Gasteiger partial charge in [0.25, 0.3) is 11.8 Å². The number of ether oxygens (including phenoxy) is 2. The first-order valence-corrected chi connectivity index (χ1v) is 14.4. The van der Waals surface area contributed by atoms with E-state index in [1.807, 2.05) is 24.3 Å². The number of hydrogen-bond acceptors (Lipinski definition) is 8. The lowest BCUT2D eigenvalue weighted by Gasteiger charge is -2.17. The second-order valence-corrected chi connectivity index (χ2v) is 11.0. The summed E-state index contributed by atoms with van der Waals surface area (Å²) < 4.78 is 10.6. The number of para-hydroxylation sites is 1. The van der Waals surface area contributed by atoms with Gasteiger partial charge in [-0.1, -0.05) is 54.3 Å². The smallest absolute Gasteiger partial charge is 0.338 e. The van der Waals surface area contributed by atoms with Crippen molar-refractivity contribution >= 4 is 68.9 Å². The van der Waals surface area contributed by atoms with E-state index in [1.165, 1.54) is 9.80 Å². The average Bonchev–Trinajstić information content (AvgIpc) is 3.43. The van der Waals surface area contributed by atoms with Crippen molar-refractivity contribution in [3.63, 3.8) is 0 Å². The second kappa shape index (κ2) is 12.6. The van der Waals surface area contributed by atoms with Gasteiger partial charge in [0, 0.05) is 17.8 Å². The maximum absolute atomic E-state index is 13.7. The quantitative estimate of drug-likeness (QED) is 0.214. The lowest BCUT2D eigenvalue weighted by atomic mass is 10.1. The zero-order chi connectivity index (χ0) is 29.8. The Bertz CT molecular complexity index is 1600. The van der Waals surface area contributed by atoms with Gasteiger partial charge in [0.2, 0.25) is 5.91 Å². The third-order valence-electron chi connectivity index (χ3n) is 6.76. The standard InChI is InChI=1S/C31H27N3O6S2/c1-3-40-30(38)20-10-12-21(13-11-20)32-25(35)18-34-24-7-5-4-6-23(24)26(28(34)36)27-29(37)33(31(41)42-27)17-16-19-8-14-22(39-2)15-9-19/h4-15H,3,16-18H2,1-2H3,(H,32,35)/b27-26+. The Morgan fingerprint density at radius 3 is 2.33 bits per heavy atom. The minimum absolute atomic E-state index is 0.237. The Morgan fingerprint density at radius 2 is 1.64 bits per heavy atom. The van der Waals surface area contributed by atoms with Crippen LogP contribution in [0.4, 0.5) is 11.4 Å². The molecule has 0 unspecified atom stereocenters. The highest BCUT2D eigenvalue weighted by molar-refractivity contribution is 8.26. The monoisotopic (exact) mass is 601 g/mol. The van der Waals surface area contributed by atoms with Crippen molar-refractivity contribution in [3.8, 4) is 5.75 Å². The van der Waals surface area contributed by atoms with Crippen LogP contribution in [-0.2, 0) is 25.5 Å². The molecule has 1 fully saturated rings. The lowest BCUT2D eigenvalue weighted by molar-refractivity contribution is -0.122. The van der Waals surface area contributed by atoms with Gasteiger partial charge in [-0.25, -0.2) is 4.79 Å². The van der Waals surface area contributed by atoms with Crippen molar-refractivity contribution in [1.82, 2.24) is 4.90 Å². The molecule has 0 saturated carbocycles. The maximum atomic E-state index is 13.7. The molecule has 0 radical (unpaired) electrons. The van der Waals surface area contributed by atoms with Gasteiger partial charge in [-0.05, 0) is 61.4 Å². The van der Waals surface area contributed by atoms with E-state index in [9.17, 15) is 19.2 Å². The number of carbonyl (C=O) groups excluding carboxylic acids is 4. The summed E-state index contributed by atoms with van der Waals surface area (Å²) in [5.74, 6) is -0.911. The van der Waals surface area contributed by atoms with Gasteiger partial charge < -0.3 is 14.8 Å². The van der Waals surface area contributed by atoms with Crippen molar-refractivity contribution in [2.24, 2.45) is 0 Å². The van der Waals surface area contributed by atoms with Crippen molar-refractivity contribution in [2.45, 2.75) is 13.3 Å². The van der Waals surface area contributed by atoms with Crippen molar-refractivity contribution in [3.05, 3.63) is 94.4 Å². The number of rotatable bonds is 9. The summed E-state index contributed by atoms with van der Waals surface area (Å²) in [6.07, 6.45) is 0.580. The molecule has 1 saturated heterocycles. The number of nitrogens with zero attached hydrogens (tertiary/aromatic N) is 2. The lowest BCUT2D eigenvalue weighted by Crippen LogP contribution is -2.35. The van der Waals surface area contributed by atoms with E-state index in [0.717, 1.165) is 23.1 Å². The number of esters is 1. The molecule has 3 amide bonds. The van der Waals surface area contributed by atoms with Crippen LogP contribution in [-0.4, -0.2) is 59.7 Å². The number of benzene rings is 3. The molecule has 42 heavy (non-hydrogen) atoms. The number of carbonyl (C=O) groups is 4. The number of fused-ring (bicyclic) bond motifs is 1. The van der Waals surface area contributed by atoms with Crippen LogP contribution in [0.1, 0.15) is 28.4 Å². The fourth-order valence-electron chi connectivity index (χ4n) is 4.68. The molecule has 0 aliphatic carbocycles. The Morgan fingerprint density at radius 1 is 0.929 bits per heavy atom. The molecular formula is C31H27N3O6S2. The molecule has 214 valence electrons. The normalized spacial score (nSPS) is 16.1. The predicted octanol–water partition coefficient (Wildman–Crippen LogP) is 4.67. The third kappa shape index (κ3) is 5.93. The Labute approximate surface area is 252 Å². The average molecular weight is 602 g/mol. The molecule has 0 bridgehead atoms. The summed E-state index contributed by atoms with van der Waals surface area (Å²) in [5, 5.41) is 2.76. The van der Waals surface area contributed by atoms with Crippen molar-refractivity contribution in [2.75, 3.05) is 37.0 Å². The summed E-state index contributed by atoms with van der Waals surface area (Å²) >= 11 is 6.63. The van der Waals surface area contributed by atoms with Gasteiger partial charge in [0.05, 0.1) is 35.4 Å². The molecule has 3 aromatic carbocycles. The van der Waals surface area contributed by atoms with Crippen LogP contribution in [0.25, 0.3) is 5.57 Å². The summed E-state index contributed by atoms with van der Waals surface area (Å²) in [7, 11) is 1.60. The highest BCUT2D eigenvalue weighted by Crippen LogP contribution is 2.44. The van der Waals surface area contributed by atoms with Gasteiger partial charge in [0.1, 0.15) is 16.6 Å². The molecule has 2 aliphatic rings.